The molecule has 0 fully saturated rings. The average molecular weight is 684 g/mol. The number of nitrogens with zero attached hydrogens (tertiary/aromatic N) is 2. The van der Waals surface area contributed by atoms with Gasteiger partial charge in [0.2, 0.25) is 29.5 Å². The van der Waals surface area contributed by atoms with Gasteiger partial charge < -0.3 is 34.6 Å². The number of hydrogen-bond acceptors (Lipinski definition) is 10. The van der Waals surface area contributed by atoms with Crippen LogP contribution in [0.4, 0.5) is 5.69 Å². The SMILES string of the molecule is COC(=O)c1coc(-c2nc3oc2[C@@]2(c4cc(C)cc(C)c4)C(=O)Nc4ccc(cc42)C[C@H](NC(=O)[C@@H](O)C(C)C)C(=O)N[C@H]3C(C)(C)C)n1. The number of anilines is 1. The fraction of sp³-hybridized carbons (Fsp3) is 0.405. The molecule has 13 heteroatoms. The first-order valence-electron chi connectivity index (χ1n) is 16.4. The van der Waals surface area contributed by atoms with Crippen molar-refractivity contribution in [2.24, 2.45) is 11.3 Å². The monoisotopic (exact) mass is 683 g/mol. The van der Waals surface area contributed by atoms with Crippen molar-refractivity contribution in [1.82, 2.24) is 20.6 Å². The highest BCUT2D eigenvalue weighted by atomic mass is 16.5. The van der Waals surface area contributed by atoms with E-state index in [9.17, 15) is 24.3 Å². The van der Waals surface area contributed by atoms with Crippen LogP contribution < -0.4 is 16.0 Å². The van der Waals surface area contributed by atoms with Crippen molar-refractivity contribution in [2.75, 3.05) is 12.4 Å². The van der Waals surface area contributed by atoms with Crippen LogP contribution in [0, 0.1) is 25.2 Å². The predicted octanol–water partition coefficient (Wildman–Crippen LogP) is 4.28. The first kappa shape index (κ1) is 34.6. The summed E-state index contributed by atoms with van der Waals surface area (Å²) in [6.45, 7) is 12.9. The fourth-order valence-electron chi connectivity index (χ4n) is 6.65. The Labute approximate surface area is 289 Å². The molecule has 3 amide bonds. The van der Waals surface area contributed by atoms with E-state index in [-0.39, 0.29) is 41.3 Å². The fourth-order valence-corrected chi connectivity index (χ4v) is 6.65. The van der Waals surface area contributed by atoms with E-state index in [0.717, 1.165) is 17.4 Å². The van der Waals surface area contributed by atoms with Gasteiger partial charge in [0.05, 0.1) is 7.11 Å². The van der Waals surface area contributed by atoms with Gasteiger partial charge >= 0.3 is 5.97 Å². The molecule has 4 atom stereocenters. The van der Waals surface area contributed by atoms with Gasteiger partial charge in [0, 0.05) is 17.7 Å². The first-order chi connectivity index (χ1) is 23.5. The molecule has 0 unspecified atom stereocenters. The van der Waals surface area contributed by atoms with Crippen LogP contribution in [0.3, 0.4) is 0 Å². The van der Waals surface area contributed by atoms with Crippen LogP contribution in [0.1, 0.15) is 90.6 Å². The van der Waals surface area contributed by atoms with E-state index in [1.807, 2.05) is 52.8 Å². The zero-order valence-corrected chi connectivity index (χ0v) is 29.3. The molecule has 2 aromatic carbocycles. The number of carbonyl (C=O) groups excluding carboxylic acids is 4. The van der Waals surface area contributed by atoms with Crippen LogP contribution in [-0.4, -0.2) is 58.0 Å². The molecule has 0 saturated heterocycles. The van der Waals surface area contributed by atoms with Crippen LogP contribution in [0.2, 0.25) is 0 Å². The lowest BCUT2D eigenvalue weighted by molar-refractivity contribution is -0.136. The second-order valence-corrected chi connectivity index (χ2v) is 14.5. The predicted molar refractivity (Wildman–Crippen MR) is 181 cm³/mol. The summed E-state index contributed by atoms with van der Waals surface area (Å²) < 4.78 is 17.4. The second-order valence-electron chi connectivity index (χ2n) is 14.5. The van der Waals surface area contributed by atoms with Crippen LogP contribution in [0.5, 0.6) is 0 Å². The maximum atomic E-state index is 14.7. The van der Waals surface area contributed by atoms with Gasteiger partial charge in [-0.3, -0.25) is 14.4 Å². The molecule has 0 spiro atoms. The van der Waals surface area contributed by atoms with Gasteiger partial charge in [-0.2, -0.15) is 0 Å². The number of oxazole rings is 2. The maximum absolute atomic E-state index is 14.7. The molecule has 0 aliphatic carbocycles. The maximum Gasteiger partial charge on any atom is 0.360 e. The van der Waals surface area contributed by atoms with Crippen molar-refractivity contribution in [3.05, 3.63) is 87.8 Å². The van der Waals surface area contributed by atoms with E-state index in [4.69, 9.17) is 18.6 Å². The number of nitrogens with one attached hydrogen (secondary N) is 3. The van der Waals surface area contributed by atoms with Crippen LogP contribution in [0.25, 0.3) is 11.6 Å². The quantitative estimate of drug-likeness (QED) is 0.214. The zero-order valence-electron chi connectivity index (χ0n) is 29.3. The lowest BCUT2D eigenvalue weighted by Crippen LogP contribution is -2.53. The number of hydrogen-bond donors (Lipinski definition) is 4. The van der Waals surface area contributed by atoms with Gasteiger partial charge in [-0.05, 0) is 42.4 Å². The number of aromatic nitrogens is 2. The Morgan fingerprint density at radius 1 is 1.08 bits per heavy atom. The number of aliphatic hydroxyl groups excluding tert-OH is 1. The van der Waals surface area contributed by atoms with E-state index in [1.54, 1.807) is 32.0 Å². The minimum Gasteiger partial charge on any atom is -0.464 e. The summed E-state index contributed by atoms with van der Waals surface area (Å²) in [4.78, 5) is 63.6. The second kappa shape index (κ2) is 12.5. The number of aryl methyl sites for hydroxylation is 2. The summed E-state index contributed by atoms with van der Waals surface area (Å²) in [6.07, 6.45) is -0.153. The molecule has 6 rings (SSSR count). The van der Waals surface area contributed by atoms with E-state index >= 15 is 0 Å². The summed E-state index contributed by atoms with van der Waals surface area (Å²) in [5, 5.41) is 19.3. The Morgan fingerprint density at radius 2 is 1.78 bits per heavy atom. The Morgan fingerprint density at radius 3 is 2.42 bits per heavy atom. The summed E-state index contributed by atoms with van der Waals surface area (Å²) in [6, 6.07) is 9.12. The number of aliphatic hydroxyl groups is 1. The van der Waals surface area contributed by atoms with Gasteiger partial charge in [-0.1, -0.05) is 76.1 Å². The molecule has 4 N–H and O–H groups in total. The molecule has 2 aliphatic heterocycles. The molecule has 13 nitrogen and oxygen atoms in total. The molecule has 2 aliphatic rings. The third-order valence-electron chi connectivity index (χ3n) is 9.19. The third kappa shape index (κ3) is 5.85. The Hall–Kier alpha value is -5.30. The highest BCUT2D eigenvalue weighted by molar-refractivity contribution is 6.11. The number of methoxy groups -OCH3 is 1. The average Bonchev–Trinajstić information content (AvgIpc) is 3.77. The summed E-state index contributed by atoms with van der Waals surface area (Å²) in [5.41, 5.74) is 1.63. The van der Waals surface area contributed by atoms with Crippen molar-refractivity contribution >= 4 is 29.4 Å². The van der Waals surface area contributed by atoms with E-state index in [1.165, 1.54) is 7.11 Å². The number of esters is 1. The molecule has 4 heterocycles. The number of benzene rings is 2. The van der Waals surface area contributed by atoms with E-state index < -0.39 is 52.7 Å². The summed E-state index contributed by atoms with van der Waals surface area (Å²) in [5.74, 6) is -2.73. The highest BCUT2D eigenvalue weighted by Crippen LogP contribution is 2.52. The normalized spacial score (nSPS) is 20.8. The molecule has 262 valence electrons. The van der Waals surface area contributed by atoms with E-state index in [2.05, 4.69) is 20.9 Å². The van der Waals surface area contributed by atoms with Crippen molar-refractivity contribution < 1.29 is 37.9 Å². The van der Waals surface area contributed by atoms with Gasteiger partial charge in [-0.25, -0.2) is 14.8 Å². The topological polar surface area (TPSA) is 186 Å². The molecule has 4 aromatic rings. The van der Waals surface area contributed by atoms with Gasteiger partial charge in [0.1, 0.15) is 24.5 Å². The number of carbonyl (C=O) groups is 4. The number of ether oxygens (including phenoxy) is 1. The van der Waals surface area contributed by atoms with Gasteiger partial charge in [0.15, 0.2) is 22.6 Å². The molecule has 4 bridgehead atoms. The molecular formula is C37H41N5O8. The Bertz CT molecular complexity index is 2000. The largest absolute Gasteiger partial charge is 0.464 e. The molecule has 0 radical (unpaired) electrons. The van der Waals surface area contributed by atoms with E-state index in [0.29, 0.717) is 22.4 Å². The minimum absolute atomic E-state index is 0.0442. The van der Waals surface area contributed by atoms with Crippen LogP contribution >= 0.6 is 0 Å². The minimum atomic E-state index is -1.64. The van der Waals surface area contributed by atoms with Gasteiger partial charge in [0.25, 0.3) is 0 Å². The molecule has 50 heavy (non-hydrogen) atoms. The van der Waals surface area contributed by atoms with Crippen LogP contribution in [-0.2, 0) is 31.0 Å². The number of amides is 3. The molecule has 0 saturated carbocycles. The van der Waals surface area contributed by atoms with Crippen molar-refractivity contribution in [2.45, 2.75) is 78.5 Å². The Kier molecular flexibility index (Phi) is 8.67. The number of rotatable bonds is 6. The number of fused-ring (bicyclic) bond motifs is 4. The summed E-state index contributed by atoms with van der Waals surface area (Å²) in [7, 11) is 1.22. The van der Waals surface area contributed by atoms with Crippen molar-refractivity contribution in [3.63, 3.8) is 0 Å². The molecule has 2 aromatic heterocycles. The van der Waals surface area contributed by atoms with Crippen molar-refractivity contribution in [1.29, 1.82) is 0 Å². The van der Waals surface area contributed by atoms with Crippen LogP contribution in [0.15, 0.2) is 51.5 Å². The standard InChI is InChI=1S/C37H41N5O8/c1-17(2)27(43)31(45)38-24-15-20-9-10-23-22(14-20)37(35(47)40-23,21-12-18(3)11-19(4)13-21)29-26(32-39-25(16-49-32)34(46)48-8)41-33(50-29)28(36(5,6)7)42-30(24)44/h9-14,16-17,24,27-28,43H,15H2,1-8H3,(H,38,45)(H,40,47)(H,42,44)/t24-,27-,28+,37-/m0/s1. The highest BCUT2D eigenvalue weighted by Gasteiger charge is 2.56. The van der Waals surface area contributed by atoms with Gasteiger partial charge in [-0.15, -0.1) is 0 Å². The molecular weight excluding hydrogens is 642 g/mol. The Balaban J connectivity index is 1.68. The zero-order chi connectivity index (χ0) is 36.3. The first-order valence-corrected chi connectivity index (χ1v) is 16.4. The third-order valence-corrected chi connectivity index (χ3v) is 9.19. The lowest BCUT2D eigenvalue weighted by Gasteiger charge is -2.32. The smallest absolute Gasteiger partial charge is 0.360 e. The van der Waals surface area contributed by atoms with Crippen molar-refractivity contribution in [3.8, 4) is 11.6 Å². The summed E-state index contributed by atoms with van der Waals surface area (Å²) >= 11 is 0. The lowest BCUT2D eigenvalue weighted by atomic mass is 9.71.